The lowest BCUT2D eigenvalue weighted by Gasteiger charge is -2.14. The minimum Gasteiger partial charge on any atom is -0.266 e. The van der Waals surface area contributed by atoms with Crippen LogP contribution < -0.4 is 5.43 Å². The van der Waals surface area contributed by atoms with E-state index >= 15 is 0 Å². The van der Waals surface area contributed by atoms with Crippen LogP contribution in [0.25, 0.3) is 16.3 Å². The molecule has 1 N–H and O–H groups in total. The second-order valence-electron chi connectivity index (χ2n) is 5.91. The van der Waals surface area contributed by atoms with Gasteiger partial charge in [0.15, 0.2) is 4.32 Å². The number of hydrazine groups is 1. The molecule has 0 bridgehead atoms. The number of allylic oxidation sites excluding steroid dienone is 2. The van der Waals surface area contributed by atoms with E-state index in [0.717, 1.165) is 21.4 Å². The third-order valence-electron chi connectivity index (χ3n) is 3.85. The first-order chi connectivity index (χ1) is 13.1. The van der Waals surface area contributed by atoms with Gasteiger partial charge >= 0.3 is 0 Å². The zero-order chi connectivity index (χ0) is 18.8. The van der Waals surface area contributed by atoms with Gasteiger partial charge in [-0.1, -0.05) is 71.6 Å². The third-order valence-corrected chi connectivity index (χ3v) is 6.09. The Morgan fingerprint density at radius 2 is 1.89 bits per heavy atom. The molecule has 4 rings (SSSR count). The number of hydrogen-bond acceptors (Lipinski definition) is 6. The minimum atomic E-state index is -0.162. The first-order valence-electron chi connectivity index (χ1n) is 8.24. The van der Waals surface area contributed by atoms with Crippen molar-refractivity contribution >= 4 is 67.0 Å². The fourth-order valence-corrected chi connectivity index (χ4v) is 4.72. The van der Waals surface area contributed by atoms with Crippen LogP contribution in [0.2, 0.25) is 0 Å². The molecule has 2 heterocycles. The quantitative estimate of drug-likeness (QED) is 0.457. The summed E-state index contributed by atoms with van der Waals surface area (Å²) in [4.78, 5) is 17.9. The van der Waals surface area contributed by atoms with Crippen molar-refractivity contribution in [3.05, 3.63) is 76.7 Å². The second kappa shape index (κ2) is 7.64. The van der Waals surface area contributed by atoms with E-state index in [0.29, 0.717) is 14.4 Å². The van der Waals surface area contributed by atoms with Crippen molar-refractivity contribution in [1.82, 2.24) is 9.99 Å². The SMILES string of the molecule is CC(/C=C1\SC(=S)N(Nc2nc3ccccc3s2)C1=O)=C\c1ccccc1. The van der Waals surface area contributed by atoms with E-state index in [4.69, 9.17) is 12.2 Å². The van der Waals surface area contributed by atoms with Crippen LogP contribution in [0.4, 0.5) is 5.13 Å². The van der Waals surface area contributed by atoms with Gasteiger partial charge in [-0.25, -0.2) is 4.98 Å². The number of nitrogens with one attached hydrogen (secondary N) is 1. The molecule has 134 valence electrons. The van der Waals surface area contributed by atoms with Crippen molar-refractivity contribution in [2.75, 3.05) is 5.43 Å². The fourth-order valence-electron chi connectivity index (χ4n) is 2.64. The highest BCUT2D eigenvalue weighted by atomic mass is 32.2. The van der Waals surface area contributed by atoms with Gasteiger partial charge in [0, 0.05) is 0 Å². The molecule has 0 saturated carbocycles. The van der Waals surface area contributed by atoms with E-state index in [1.54, 1.807) is 0 Å². The van der Waals surface area contributed by atoms with Gasteiger partial charge in [-0.05, 0) is 48.5 Å². The van der Waals surface area contributed by atoms with E-state index in [1.807, 2.05) is 73.7 Å². The number of rotatable bonds is 4. The Morgan fingerprint density at radius 3 is 2.67 bits per heavy atom. The first kappa shape index (κ1) is 17.9. The number of para-hydroxylation sites is 1. The van der Waals surface area contributed by atoms with Crippen LogP contribution in [0.3, 0.4) is 0 Å². The smallest absolute Gasteiger partial charge is 0.266 e. The molecule has 4 nitrogen and oxygen atoms in total. The molecular formula is C20H15N3OS3. The molecule has 0 unspecified atom stereocenters. The summed E-state index contributed by atoms with van der Waals surface area (Å²) >= 11 is 8.16. The number of carbonyl (C=O) groups is 1. The lowest BCUT2D eigenvalue weighted by atomic mass is 10.1. The van der Waals surface area contributed by atoms with Gasteiger partial charge in [-0.15, -0.1) is 0 Å². The Morgan fingerprint density at radius 1 is 1.15 bits per heavy atom. The largest absolute Gasteiger partial charge is 0.285 e. The number of hydrogen-bond donors (Lipinski definition) is 1. The highest BCUT2D eigenvalue weighted by Gasteiger charge is 2.33. The molecule has 1 aliphatic rings. The Hall–Kier alpha value is -2.48. The van der Waals surface area contributed by atoms with Gasteiger partial charge in [-0.3, -0.25) is 10.2 Å². The summed E-state index contributed by atoms with van der Waals surface area (Å²) in [6, 6.07) is 17.9. The number of benzene rings is 2. The number of aromatic nitrogens is 1. The van der Waals surface area contributed by atoms with Crippen LogP contribution in [-0.4, -0.2) is 20.2 Å². The zero-order valence-corrected chi connectivity index (χ0v) is 16.8. The van der Waals surface area contributed by atoms with Crippen LogP contribution in [0.5, 0.6) is 0 Å². The molecule has 0 spiro atoms. The average Bonchev–Trinajstić information content (AvgIpc) is 3.18. The summed E-state index contributed by atoms with van der Waals surface area (Å²) in [6.45, 7) is 1.97. The molecule has 1 saturated heterocycles. The molecule has 27 heavy (non-hydrogen) atoms. The average molecular weight is 410 g/mol. The predicted octanol–water partition coefficient (Wildman–Crippen LogP) is 5.47. The summed E-state index contributed by atoms with van der Waals surface area (Å²) < 4.78 is 1.53. The highest BCUT2D eigenvalue weighted by molar-refractivity contribution is 8.26. The Bertz CT molecular complexity index is 1050. The molecule has 0 atom stereocenters. The number of anilines is 1. The summed E-state index contributed by atoms with van der Waals surface area (Å²) in [7, 11) is 0. The predicted molar refractivity (Wildman–Crippen MR) is 118 cm³/mol. The zero-order valence-electron chi connectivity index (χ0n) is 14.4. The first-order valence-corrected chi connectivity index (χ1v) is 10.3. The van der Waals surface area contributed by atoms with Crippen LogP contribution in [0.1, 0.15) is 12.5 Å². The third kappa shape index (κ3) is 3.95. The van der Waals surface area contributed by atoms with E-state index < -0.39 is 0 Å². The van der Waals surface area contributed by atoms with E-state index in [1.165, 1.54) is 28.1 Å². The Kier molecular flexibility index (Phi) is 5.07. The van der Waals surface area contributed by atoms with Crippen molar-refractivity contribution < 1.29 is 4.79 Å². The van der Waals surface area contributed by atoms with Crippen LogP contribution >= 0.6 is 35.3 Å². The number of thiazole rings is 1. The van der Waals surface area contributed by atoms with E-state index in [9.17, 15) is 4.79 Å². The van der Waals surface area contributed by atoms with Gasteiger partial charge in [0.25, 0.3) is 5.91 Å². The monoisotopic (exact) mass is 409 g/mol. The van der Waals surface area contributed by atoms with Gasteiger partial charge in [0.1, 0.15) is 0 Å². The molecule has 0 aliphatic carbocycles. The van der Waals surface area contributed by atoms with Crippen molar-refractivity contribution in [3.8, 4) is 0 Å². The Labute approximate surface area is 170 Å². The van der Waals surface area contributed by atoms with E-state index in [-0.39, 0.29) is 5.91 Å². The maximum absolute atomic E-state index is 12.8. The molecule has 0 radical (unpaired) electrons. The number of fused-ring (bicyclic) bond motifs is 1. The van der Waals surface area contributed by atoms with Crippen molar-refractivity contribution in [2.24, 2.45) is 0 Å². The molecule has 1 fully saturated rings. The van der Waals surface area contributed by atoms with Crippen LogP contribution in [-0.2, 0) is 4.79 Å². The molecular weight excluding hydrogens is 394 g/mol. The number of nitrogens with zero attached hydrogens (tertiary/aromatic N) is 2. The van der Waals surface area contributed by atoms with Gasteiger partial charge in [-0.2, -0.15) is 5.01 Å². The van der Waals surface area contributed by atoms with Crippen molar-refractivity contribution in [3.63, 3.8) is 0 Å². The van der Waals surface area contributed by atoms with E-state index in [2.05, 4.69) is 10.4 Å². The van der Waals surface area contributed by atoms with Crippen molar-refractivity contribution in [2.45, 2.75) is 6.92 Å². The lowest BCUT2D eigenvalue weighted by molar-refractivity contribution is -0.121. The second-order valence-corrected chi connectivity index (χ2v) is 8.62. The molecule has 7 heteroatoms. The number of thioether (sulfide) groups is 1. The molecule has 2 aromatic carbocycles. The van der Waals surface area contributed by atoms with Crippen LogP contribution in [0, 0.1) is 0 Å². The molecule has 1 amide bonds. The topological polar surface area (TPSA) is 45.2 Å². The molecule has 1 aromatic heterocycles. The minimum absolute atomic E-state index is 0.162. The maximum atomic E-state index is 12.8. The number of amides is 1. The van der Waals surface area contributed by atoms with Crippen molar-refractivity contribution in [1.29, 1.82) is 0 Å². The van der Waals surface area contributed by atoms with Gasteiger partial charge in [0.2, 0.25) is 5.13 Å². The number of thiocarbonyl (C=S) groups is 1. The van der Waals surface area contributed by atoms with Gasteiger partial charge < -0.3 is 0 Å². The Balaban J connectivity index is 1.53. The molecule has 3 aromatic rings. The summed E-state index contributed by atoms with van der Waals surface area (Å²) in [5.74, 6) is -0.162. The van der Waals surface area contributed by atoms with Gasteiger partial charge in [0.05, 0.1) is 15.1 Å². The summed E-state index contributed by atoms with van der Waals surface area (Å²) in [5, 5.41) is 2.03. The summed E-state index contributed by atoms with van der Waals surface area (Å²) in [5.41, 5.74) is 6.03. The summed E-state index contributed by atoms with van der Waals surface area (Å²) in [6.07, 6.45) is 3.90. The normalized spacial score (nSPS) is 16.6. The number of carbonyl (C=O) groups excluding carboxylic acids is 1. The highest BCUT2D eigenvalue weighted by Crippen LogP contribution is 2.34. The lowest BCUT2D eigenvalue weighted by Crippen LogP contribution is -2.33. The fraction of sp³-hybridized carbons (Fsp3) is 0.0500. The molecule has 1 aliphatic heterocycles. The standard InChI is InChI=1S/C20H15N3OS3/c1-13(11-14-7-3-2-4-8-14)12-17-18(24)23(20(25)27-17)22-19-21-15-9-5-6-10-16(15)26-19/h2-12H,1H3,(H,21,22)/b13-11+,17-12-. The maximum Gasteiger partial charge on any atom is 0.285 e. The van der Waals surface area contributed by atoms with Crippen LogP contribution in [0.15, 0.2) is 71.2 Å².